The maximum absolute atomic E-state index is 12.4. The lowest BCUT2D eigenvalue weighted by Crippen LogP contribution is -2.48. The van der Waals surface area contributed by atoms with Crippen LogP contribution in [0.15, 0.2) is 47.4 Å². The molecule has 0 unspecified atom stereocenters. The van der Waals surface area contributed by atoms with Gasteiger partial charge in [-0.25, -0.2) is 13.1 Å². The minimum atomic E-state index is -3.55. The molecular formula is C20H26ClN3O3S. The quantitative estimate of drug-likeness (QED) is 0.742. The summed E-state index contributed by atoms with van der Waals surface area (Å²) in [6, 6.07) is 12.8. The number of piperazine rings is 1. The Balaban J connectivity index is 1.49. The molecule has 2 aromatic rings. The van der Waals surface area contributed by atoms with Crippen molar-refractivity contribution in [3.63, 3.8) is 0 Å². The number of aryl methyl sites for hydroxylation is 1. The van der Waals surface area contributed by atoms with E-state index in [1.54, 1.807) is 19.2 Å². The van der Waals surface area contributed by atoms with Gasteiger partial charge in [0.05, 0.1) is 17.7 Å². The number of sulfonamides is 1. The second-order valence-electron chi connectivity index (χ2n) is 6.81. The molecule has 1 aliphatic heterocycles. The molecular weight excluding hydrogens is 398 g/mol. The van der Waals surface area contributed by atoms with Crippen molar-refractivity contribution in [2.24, 2.45) is 0 Å². The molecule has 0 amide bonds. The Morgan fingerprint density at radius 1 is 1.11 bits per heavy atom. The largest absolute Gasteiger partial charge is 0.495 e. The van der Waals surface area contributed by atoms with Gasteiger partial charge in [-0.15, -0.1) is 0 Å². The summed E-state index contributed by atoms with van der Waals surface area (Å²) < 4.78 is 33.0. The molecule has 0 aromatic heterocycles. The van der Waals surface area contributed by atoms with Crippen molar-refractivity contribution in [2.75, 3.05) is 51.3 Å². The molecule has 3 rings (SSSR count). The van der Waals surface area contributed by atoms with Crippen LogP contribution in [0.5, 0.6) is 5.75 Å². The van der Waals surface area contributed by atoms with E-state index in [-0.39, 0.29) is 4.90 Å². The lowest BCUT2D eigenvalue weighted by molar-refractivity contribution is 0.261. The van der Waals surface area contributed by atoms with E-state index < -0.39 is 10.0 Å². The number of hydrogen-bond acceptors (Lipinski definition) is 5. The van der Waals surface area contributed by atoms with Crippen LogP contribution in [0.2, 0.25) is 5.02 Å². The Morgan fingerprint density at radius 3 is 2.50 bits per heavy atom. The number of halogens is 1. The van der Waals surface area contributed by atoms with Crippen molar-refractivity contribution in [1.82, 2.24) is 9.62 Å². The van der Waals surface area contributed by atoms with E-state index in [0.717, 1.165) is 43.2 Å². The van der Waals surface area contributed by atoms with Gasteiger partial charge >= 0.3 is 0 Å². The van der Waals surface area contributed by atoms with E-state index in [4.69, 9.17) is 16.3 Å². The third-order valence-electron chi connectivity index (χ3n) is 4.97. The number of rotatable bonds is 7. The van der Waals surface area contributed by atoms with Gasteiger partial charge in [-0.1, -0.05) is 29.8 Å². The maximum atomic E-state index is 12.4. The first-order chi connectivity index (χ1) is 13.4. The van der Waals surface area contributed by atoms with Crippen molar-refractivity contribution in [1.29, 1.82) is 0 Å². The average Bonchev–Trinajstić information content (AvgIpc) is 2.70. The number of anilines is 1. The fourth-order valence-corrected chi connectivity index (χ4v) is 4.56. The van der Waals surface area contributed by atoms with Crippen LogP contribution in [0.4, 0.5) is 5.69 Å². The summed E-state index contributed by atoms with van der Waals surface area (Å²) in [5.41, 5.74) is 1.95. The Morgan fingerprint density at radius 2 is 1.82 bits per heavy atom. The molecule has 6 nitrogen and oxygen atoms in total. The molecule has 1 heterocycles. The molecule has 0 spiro atoms. The molecule has 1 fully saturated rings. The zero-order valence-electron chi connectivity index (χ0n) is 16.2. The SMILES string of the molecule is COc1ccccc1N1CCN(CCNS(=O)(=O)c2ccc(C)c(Cl)c2)CC1. The number of ether oxygens (including phenoxy) is 1. The first-order valence-corrected chi connectivity index (χ1v) is 11.1. The van der Waals surface area contributed by atoms with Crippen LogP contribution in [0.1, 0.15) is 5.56 Å². The summed E-state index contributed by atoms with van der Waals surface area (Å²) >= 11 is 6.05. The van der Waals surface area contributed by atoms with Crippen LogP contribution >= 0.6 is 11.6 Å². The first kappa shape index (κ1) is 20.9. The van der Waals surface area contributed by atoms with Crippen molar-refractivity contribution in [3.8, 4) is 5.75 Å². The number of nitrogens with one attached hydrogen (secondary N) is 1. The summed E-state index contributed by atoms with van der Waals surface area (Å²) in [4.78, 5) is 4.76. The van der Waals surface area contributed by atoms with Crippen molar-refractivity contribution in [3.05, 3.63) is 53.1 Å². The van der Waals surface area contributed by atoms with E-state index in [2.05, 4.69) is 20.6 Å². The van der Waals surface area contributed by atoms with Crippen molar-refractivity contribution >= 4 is 27.3 Å². The van der Waals surface area contributed by atoms with E-state index in [1.807, 2.05) is 25.1 Å². The summed E-state index contributed by atoms with van der Waals surface area (Å²) in [7, 11) is -1.87. The molecule has 8 heteroatoms. The topological polar surface area (TPSA) is 61.9 Å². The number of para-hydroxylation sites is 2. The molecule has 0 radical (unpaired) electrons. The van der Waals surface area contributed by atoms with Crippen LogP contribution in [0, 0.1) is 6.92 Å². The number of nitrogens with zero attached hydrogens (tertiary/aromatic N) is 2. The van der Waals surface area contributed by atoms with Crippen LogP contribution < -0.4 is 14.4 Å². The Kier molecular flexibility index (Phi) is 6.82. The second-order valence-corrected chi connectivity index (χ2v) is 8.98. The number of methoxy groups -OCH3 is 1. The van der Waals surface area contributed by atoms with Crippen molar-refractivity contribution in [2.45, 2.75) is 11.8 Å². The zero-order valence-corrected chi connectivity index (χ0v) is 17.8. The summed E-state index contributed by atoms with van der Waals surface area (Å²) in [6.07, 6.45) is 0. The second kappa shape index (κ2) is 9.13. The lowest BCUT2D eigenvalue weighted by Gasteiger charge is -2.36. The average molecular weight is 424 g/mol. The number of benzene rings is 2. The third-order valence-corrected chi connectivity index (χ3v) is 6.84. The van der Waals surface area contributed by atoms with Gasteiger partial charge in [0.2, 0.25) is 10.0 Å². The fraction of sp³-hybridized carbons (Fsp3) is 0.400. The van der Waals surface area contributed by atoms with Crippen LogP contribution in [-0.2, 0) is 10.0 Å². The van der Waals surface area contributed by atoms with E-state index >= 15 is 0 Å². The first-order valence-electron chi connectivity index (χ1n) is 9.27. The highest BCUT2D eigenvalue weighted by molar-refractivity contribution is 7.89. The summed E-state index contributed by atoms with van der Waals surface area (Å²) in [6.45, 7) is 6.37. The summed E-state index contributed by atoms with van der Waals surface area (Å²) in [5, 5.41) is 0.454. The van der Waals surface area contributed by atoms with Gasteiger partial charge in [0.15, 0.2) is 0 Å². The standard InChI is InChI=1S/C20H26ClN3O3S/c1-16-7-8-17(15-18(16)21)28(25,26)22-9-10-23-11-13-24(14-12-23)19-5-3-4-6-20(19)27-2/h3-8,15,22H,9-14H2,1-2H3. The van der Waals surface area contributed by atoms with Gasteiger partial charge in [-0.2, -0.15) is 0 Å². The lowest BCUT2D eigenvalue weighted by atomic mass is 10.2. The molecule has 0 bridgehead atoms. The van der Waals surface area contributed by atoms with Gasteiger partial charge in [0.1, 0.15) is 5.75 Å². The molecule has 1 saturated heterocycles. The van der Waals surface area contributed by atoms with Crippen molar-refractivity contribution < 1.29 is 13.2 Å². The minimum Gasteiger partial charge on any atom is -0.495 e. The van der Waals surface area contributed by atoms with Gasteiger partial charge in [-0.05, 0) is 36.8 Å². The number of hydrogen-bond donors (Lipinski definition) is 1. The molecule has 0 saturated carbocycles. The van der Waals surface area contributed by atoms with Crippen LogP contribution in [0.3, 0.4) is 0 Å². The molecule has 28 heavy (non-hydrogen) atoms. The maximum Gasteiger partial charge on any atom is 0.240 e. The molecule has 1 aliphatic rings. The smallest absolute Gasteiger partial charge is 0.240 e. The zero-order chi connectivity index (χ0) is 20.1. The predicted molar refractivity (Wildman–Crippen MR) is 113 cm³/mol. The monoisotopic (exact) mass is 423 g/mol. The third kappa shape index (κ3) is 4.97. The van der Waals surface area contributed by atoms with Gasteiger partial charge in [-0.3, -0.25) is 4.90 Å². The molecule has 0 atom stereocenters. The summed E-state index contributed by atoms with van der Waals surface area (Å²) in [5.74, 6) is 0.875. The highest BCUT2D eigenvalue weighted by Gasteiger charge is 2.20. The highest BCUT2D eigenvalue weighted by atomic mass is 35.5. The predicted octanol–water partition coefficient (Wildman–Crippen LogP) is 2.76. The highest BCUT2D eigenvalue weighted by Crippen LogP contribution is 2.28. The van der Waals surface area contributed by atoms with Gasteiger partial charge in [0, 0.05) is 44.3 Å². The van der Waals surface area contributed by atoms with E-state index in [1.165, 1.54) is 6.07 Å². The van der Waals surface area contributed by atoms with Gasteiger partial charge in [0.25, 0.3) is 0 Å². The molecule has 152 valence electrons. The minimum absolute atomic E-state index is 0.198. The molecule has 0 aliphatic carbocycles. The molecule has 2 aromatic carbocycles. The molecule has 1 N–H and O–H groups in total. The van der Waals surface area contributed by atoms with Crippen LogP contribution in [-0.4, -0.2) is 59.7 Å². The van der Waals surface area contributed by atoms with E-state index in [0.29, 0.717) is 18.1 Å². The Bertz CT molecular complexity index is 913. The Hall–Kier alpha value is -1.80. The Labute approximate surface area is 172 Å². The van der Waals surface area contributed by atoms with Crippen LogP contribution in [0.25, 0.3) is 0 Å². The fourth-order valence-electron chi connectivity index (χ4n) is 3.27. The van der Waals surface area contributed by atoms with Gasteiger partial charge < -0.3 is 9.64 Å². The normalized spacial score (nSPS) is 15.6. The van der Waals surface area contributed by atoms with E-state index in [9.17, 15) is 8.42 Å².